The van der Waals surface area contributed by atoms with E-state index in [1.54, 1.807) is 0 Å². The molecule has 0 unspecified atom stereocenters. The van der Waals surface area contributed by atoms with Crippen LogP contribution >= 0.6 is 15.9 Å². The molecule has 100 valence electrons. The van der Waals surface area contributed by atoms with Gasteiger partial charge in [-0.1, -0.05) is 35.0 Å². The average molecular weight is 313 g/mol. The van der Waals surface area contributed by atoms with Gasteiger partial charge in [-0.15, -0.1) is 0 Å². The Morgan fingerprint density at radius 1 is 1.44 bits per heavy atom. The van der Waals surface area contributed by atoms with Crippen LogP contribution in [0.5, 0.6) is 0 Å². The fourth-order valence-corrected chi connectivity index (χ4v) is 2.18. The van der Waals surface area contributed by atoms with Crippen molar-refractivity contribution in [2.24, 2.45) is 0 Å². The van der Waals surface area contributed by atoms with E-state index in [9.17, 15) is 4.79 Å². The van der Waals surface area contributed by atoms with E-state index in [4.69, 9.17) is 0 Å². The fourth-order valence-electron chi connectivity index (χ4n) is 1.76. The Labute approximate surface area is 117 Å². The first kappa shape index (κ1) is 15.2. The van der Waals surface area contributed by atoms with E-state index >= 15 is 0 Å². The standard InChI is InChI=1S/C14H21BrN2O/c1-5-16-14(3,4)13(18)17-10(2)11-7-6-8-12(15)9-11/h6-10,16H,5H2,1-4H3,(H,17,18)/t10-/m0/s1. The first-order chi connectivity index (χ1) is 8.36. The number of rotatable bonds is 5. The quantitative estimate of drug-likeness (QED) is 0.877. The Balaban J connectivity index is 2.70. The third kappa shape index (κ3) is 4.10. The molecular formula is C14H21BrN2O. The Kier molecular flexibility index (Phi) is 5.35. The minimum Gasteiger partial charge on any atom is -0.348 e. The summed E-state index contributed by atoms with van der Waals surface area (Å²) >= 11 is 3.44. The smallest absolute Gasteiger partial charge is 0.240 e. The highest BCUT2D eigenvalue weighted by Gasteiger charge is 2.27. The predicted octanol–water partition coefficient (Wildman–Crippen LogP) is 3.01. The molecule has 0 spiro atoms. The van der Waals surface area contributed by atoms with Crippen LogP contribution in [-0.2, 0) is 4.79 Å². The number of hydrogen-bond donors (Lipinski definition) is 2. The van der Waals surface area contributed by atoms with Crippen molar-refractivity contribution in [2.75, 3.05) is 6.54 Å². The molecule has 0 bridgehead atoms. The van der Waals surface area contributed by atoms with E-state index in [-0.39, 0.29) is 11.9 Å². The minimum atomic E-state index is -0.547. The SMILES string of the molecule is CCNC(C)(C)C(=O)N[C@@H](C)c1cccc(Br)c1. The monoisotopic (exact) mass is 312 g/mol. The molecule has 0 aliphatic heterocycles. The third-order valence-corrected chi connectivity index (χ3v) is 3.38. The van der Waals surface area contributed by atoms with Crippen LogP contribution in [-0.4, -0.2) is 18.0 Å². The molecule has 0 aliphatic rings. The van der Waals surface area contributed by atoms with Crippen LogP contribution in [0.3, 0.4) is 0 Å². The number of likely N-dealkylation sites (N-methyl/N-ethyl adjacent to an activating group) is 1. The van der Waals surface area contributed by atoms with E-state index in [0.717, 1.165) is 16.6 Å². The molecule has 0 aromatic heterocycles. The second-order valence-electron chi connectivity index (χ2n) is 4.91. The topological polar surface area (TPSA) is 41.1 Å². The summed E-state index contributed by atoms with van der Waals surface area (Å²) in [6.07, 6.45) is 0. The number of benzene rings is 1. The van der Waals surface area contributed by atoms with Crippen molar-refractivity contribution in [3.05, 3.63) is 34.3 Å². The summed E-state index contributed by atoms with van der Waals surface area (Å²) in [6, 6.07) is 7.96. The van der Waals surface area contributed by atoms with Crippen LogP contribution in [0.15, 0.2) is 28.7 Å². The molecular weight excluding hydrogens is 292 g/mol. The second-order valence-corrected chi connectivity index (χ2v) is 5.82. The van der Waals surface area contributed by atoms with Gasteiger partial charge < -0.3 is 10.6 Å². The molecule has 1 amide bonds. The molecule has 4 heteroatoms. The van der Waals surface area contributed by atoms with Gasteiger partial charge in [0.05, 0.1) is 11.6 Å². The summed E-state index contributed by atoms with van der Waals surface area (Å²) < 4.78 is 1.02. The van der Waals surface area contributed by atoms with E-state index in [0.29, 0.717) is 0 Å². The molecule has 0 fully saturated rings. The van der Waals surface area contributed by atoms with E-state index in [1.807, 2.05) is 52.0 Å². The summed E-state index contributed by atoms with van der Waals surface area (Å²) in [5.74, 6) is 0.0109. The van der Waals surface area contributed by atoms with Gasteiger partial charge >= 0.3 is 0 Å². The van der Waals surface area contributed by atoms with Crippen molar-refractivity contribution < 1.29 is 4.79 Å². The molecule has 0 radical (unpaired) electrons. The van der Waals surface area contributed by atoms with Crippen molar-refractivity contribution in [1.29, 1.82) is 0 Å². The lowest BCUT2D eigenvalue weighted by Crippen LogP contribution is -2.52. The molecule has 3 nitrogen and oxygen atoms in total. The van der Waals surface area contributed by atoms with E-state index < -0.39 is 5.54 Å². The minimum absolute atomic E-state index is 0.00655. The van der Waals surface area contributed by atoms with Crippen LogP contribution < -0.4 is 10.6 Å². The number of halogens is 1. The predicted molar refractivity (Wildman–Crippen MR) is 78.5 cm³/mol. The fraction of sp³-hybridized carbons (Fsp3) is 0.500. The van der Waals surface area contributed by atoms with Crippen molar-refractivity contribution in [2.45, 2.75) is 39.3 Å². The van der Waals surface area contributed by atoms with Crippen molar-refractivity contribution in [3.63, 3.8) is 0 Å². The molecule has 0 heterocycles. The molecule has 0 aliphatic carbocycles. The molecule has 1 rings (SSSR count). The molecule has 2 N–H and O–H groups in total. The zero-order chi connectivity index (χ0) is 13.8. The highest BCUT2D eigenvalue weighted by molar-refractivity contribution is 9.10. The van der Waals surface area contributed by atoms with Gasteiger partial charge in [-0.3, -0.25) is 4.79 Å². The normalized spacial score (nSPS) is 13.2. The Morgan fingerprint density at radius 2 is 2.11 bits per heavy atom. The Morgan fingerprint density at radius 3 is 2.67 bits per heavy atom. The van der Waals surface area contributed by atoms with Gasteiger partial charge in [0, 0.05) is 4.47 Å². The molecule has 1 atom stereocenters. The summed E-state index contributed by atoms with van der Waals surface area (Å²) in [5.41, 5.74) is 0.541. The maximum Gasteiger partial charge on any atom is 0.240 e. The molecule has 0 saturated carbocycles. The summed E-state index contributed by atoms with van der Waals surface area (Å²) in [4.78, 5) is 12.1. The lowest BCUT2D eigenvalue weighted by Gasteiger charge is -2.27. The largest absolute Gasteiger partial charge is 0.348 e. The molecule has 0 saturated heterocycles. The number of amides is 1. The highest BCUT2D eigenvalue weighted by atomic mass is 79.9. The molecule has 18 heavy (non-hydrogen) atoms. The molecule has 1 aromatic rings. The van der Waals surface area contributed by atoms with Crippen molar-refractivity contribution >= 4 is 21.8 Å². The van der Waals surface area contributed by atoms with Gasteiger partial charge in [-0.2, -0.15) is 0 Å². The zero-order valence-electron chi connectivity index (χ0n) is 11.4. The maximum atomic E-state index is 12.1. The van der Waals surface area contributed by atoms with Crippen LogP contribution in [0, 0.1) is 0 Å². The Hall–Kier alpha value is -0.870. The maximum absolute atomic E-state index is 12.1. The third-order valence-electron chi connectivity index (χ3n) is 2.88. The Bertz CT molecular complexity index is 418. The van der Waals surface area contributed by atoms with Gasteiger partial charge in [0.25, 0.3) is 0 Å². The van der Waals surface area contributed by atoms with Crippen molar-refractivity contribution in [3.8, 4) is 0 Å². The number of carbonyl (C=O) groups is 1. The number of hydrogen-bond acceptors (Lipinski definition) is 2. The summed E-state index contributed by atoms with van der Waals surface area (Å²) in [5, 5.41) is 6.19. The van der Waals surface area contributed by atoms with E-state index in [2.05, 4.69) is 26.6 Å². The van der Waals surface area contributed by atoms with Crippen LogP contribution in [0.2, 0.25) is 0 Å². The lowest BCUT2D eigenvalue weighted by atomic mass is 10.0. The first-order valence-electron chi connectivity index (χ1n) is 6.18. The summed E-state index contributed by atoms with van der Waals surface area (Å²) in [7, 11) is 0. The van der Waals surface area contributed by atoms with Crippen LogP contribution in [0.1, 0.15) is 39.3 Å². The lowest BCUT2D eigenvalue weighted by molar-refractivity contribution is -0.127. The number of carbonyl (C=O) groups excluding carboxylic acids is 1. The second kappa shape index (κ2) is 6.34. The van der Waals surface area contributed by atoms with Gasteiger partial charge in [0.2, 0.25) is 5.91 Å². The van der Waals surface area contributed by atoms with Crippen LogP contribution in [0.4, 0.5) is 0 Å². The zero-order valence-corrected chi connectivity index (χ0v) is 13.0. The van der Waals surface area contributed by atoms with Gasteiger partial charge in [-0.05, 0) is 45.0 Å². The number of nitrogens with one attached hydrogen (secondary N) is 2. The molecule has 1 aromatic carbocycles. The van der Waals surface area contributed by atoms with Gasteiger partial charge in [0.1, 0.15) is 0 Å². The van der Waals surface area contributed by atoms with Gasteiger partial charge in [-0.25, -0.2) is 0 Å². The summed E-state index contributed by atoms with van der Waals surface area (Å²) in [6.45, 7) is 8.53. The highest BCUT2D eigenvalue weighted by Crippen LogP contribution is 2.18. The van der Waals surface area contributed by atoms with Crippen molar-refractivity contribution in [1.82, 2.24) is 10.6 Å². The first-order valence-corrected chi connectivity index (χ1v) is 6.97. The van der Waals surface area contributed by atoms with E-state index in [1.165, 1.54) is 0 Å². The average Bonchev–Trinajstić information content (AvgIpc) is 2.28. The van der Waals surface area contributed by atoms with Crippen LogP contribution in [0.25, 0.3) is 0 Å². The van der Waals surface area contributed by atoms with Gasteiger partial charge in [0.15, 0.2) is 0 Å².